The predicted molar refractivity (Wildman–Crippen MR) is 320 cm³/mol. The highest BCUT2D eigenvalue weighted by Crippen LogP contribution is 2.65. The molecule has 1 spiro atoms. The molecule has 0 radical (unpaired) electrons. The Labute approximate surface area is 441 Å². The van der Waals surface area contributed by atoms with E-state index in [1.807, 2.05) is 24.3 Å². The fourth-order valence-corrected chi connectivity index (χ4v) is 14.7. The topological polar surface area (TPSA) is 54.1 Å². The van der Waals surface area contributed by atoms with Gasteiger partial charge >= 0.3 is 0 Å². The van der Waals surface area contributed by atoms with Crippen LogP contribution in [0.15, 0.2) is 218 Å². The van der Waals surface area contributed by atoms with Crippen molar-refractivity contribution >= 4 is 93.0 Å². The van der Waals surface area contributed by atoms with Crippen LogP contribution >= 0.6 is 0 Å². The summed E-state index contributed by atoms with van der Waals surface area (Å²) in [5.74, 6) is 0. The molecule has 0 saturated heterocycles. The molecule has 0 bridgehead atoms. The van der Waals surface area contributed by atoms with Gasteiger partial charge in [0.05, 0.1) is 28.7 Å². The first-order chi connectivity index (χ1) is 36.3. The van der Waals surface area contributed by atoms with E-state index in [0.717, 1.165) is 34.1 Å². The summed E-state index contributed by atoms with van der Waals surface area (Å²) in [6.07, 6.45) is 0. The first kappa shape index (κ1) is 46.0. The van der Waals surface area contributed by atoms with Crippen LogP contribution in [0, 0.1) is 22.7 Å². The number of hydrogen-bond acceptors (Lipinski definition) is 4. The molecule has 0 aliphatic heterocycles. The summed E-state index contributed by atoms with van der Waals surface area (Å²) in [6, 6.07) is 85.1. The number of hydrogen-bond donors (Lipinski definition) is 0. The van der Waals surface area contributed by atoms with Crippen molar-refractivity contribution in [3.05, 3.63) is 252 Å². The van der Waals surface area contributed by atoms with Crippen LogP contribution < -0.4 is 20.2 Å². The van der Waals surface area contributed by atoms with Crippen LogP contribution in [0.1, 0.15) is 33.4 Å². The summed E-state index contributed by atoms with van der Waals surface area (Å²) in [6.45, 7) is 14.4. The summed E-state index contributed by atoms with van der Waals surface area (Å²) in [5.41, 5.74) is 16.5. The molecule has 2 aliphatic carbocycles. The molecule has 2 aliphatic rings. The predicted octanol–water partition coefficient (Wildman–Crippen LogP) is 17.3. The monoisotopic (exact) mass is 994 g/mol. The molecule has 11 aromatic carbocycles. The minimum atomic E-state index is -1.59. The summed E-state index contributed by atoms with van der Waals surface area (Å²) in [4.78, 5) is 4.71. The van der Waals surface area contributed by atoms with Gasteiger partial charge in [-0.2, -0.15) is 60.2 Å². The third-order valence-electron chi connectivity index (χ3n) is 16.0. The second-order valence-corrected chi connectivity index (χ2v) is 32.5. The first-order valence-electron chi connectivity index (χ1n) is 25.9. The van der Waals surface area contributed by atoms with Crippen molar-refractivity contribution in [2.45, 2.75) is 44.7 Å². The second kappa shape index (κ2) is 17.2. The normalized spacial score (nSPS) is 13.0. The van der Waals surface area contributed by atoms with Gasteiger partial charge in [-0.1, -0.05) is 109 Å². The van der Waals surface area contributed by atoms with E-state index in [1.165, 1.54) is 87.2 Å². The highest BCUT2D eigenvalue weighted by molar-refractivity contribution is 6.89. The Hall–Kier alpha value is -8.79. The van der Waals surface area contributed by atoms with Gasteiger partial charge in [0.15, 0.2) is 0 Å². The van der Waals surface area contributed by atoms with Crippen molar-refractivity contribution in [3.63, 3.8) is 0 Å². The van der Waals surface area contributed by atoms with E-state index in [2.05, 4.69) is 255 Å². The molecule has 11 aromatic rings. The number of nitrogens with zero attached hydrogens (tertiary/aromatic N) is 4. The minimum Gasteiger partial charge on any atom is -0.310 e. The van der Waals surface area contributed by atoms with Crippen molar-refractivity contribution in [1.29, 1.82) is 10.5 Å². The Kier molecular flexibility index (Phi) is 10.5. The van der Waals surface area contributed by atoms with Gasteiger partial charge < -0.3 is 9.80 Å². The number of benzene rings is 11. The van der Waals surface area contributed by atoms with Crippen molar-refractivity contribution in [1.82, 2.24) is 0 Å². The van der Waals surface area contributed by atoms with Crippen LogP contribution in [0.3, 0.4) is 0 Å². The molecule has 13 rings (SSSR count). The lowest BCUT2D eigenvalue weighted by atomic mass is 9.70. The van der Waals surface area contributed by atoms with E-state index in [9.17, 15) is 10.5 Å². The largest absolute Gasteiger partial charge is 0.310 e. The molecule has 6 heteroatoms. The molecule has 360 valence electrons. The molecule has 0 atom stereocenters. The zero-order chi connectivity index (χ0) is 51.4. The van der Waals surface area contributed by atoms with Gasteiger partial charge in [0, 0.05) is 34.1 Å². The van der Waals surface area contributed by atoms with Crippen molar-refractivity contribution in [2.75, 3.05) is 9.80 Å². The minimum absolute atomic E-state index is 0.626. The fraction of sp³-hybridized carbons (Fsp3) is 0.101. The lowest BCUT2D eigenvalue weighted by Gasteiger charge is -2.34. The van der Waals surface area contributed by atoms with E-state index in [-0.39, 0.29) is 0 Å². The molecule has 4 nitrogen and oxygen atoms in total. The van der Waals surface area contributed by atoms with Crippen molar-refractivity contribution in [3.8, 4) is 34.4 Å². The third-order valence-corrected chi connectivity index (χ3v) is 20.2. The number of fused-ring (bicyclic) bond motifs is 16. The van der Waals surface area contributed by atoms with Gasteiger partial charge in [-0.3, -0.25) is 0 Å². The molecule has 0 fully saturated rings. The maximum absolute atomic E-state index is 9.93. The van der Waals surface area contributed by atoms with Crippen molar-refractivity contribution in [2.24, 2.45) is 0 Å². The molecule has 0 unspecified atom stereocenters. The van der Waals surface area contributed by atoms with E-state index in [1.54, 1.807) is 0 Å². The molecule has 0 heterocycles. The Morgan fingerprint density at radius 2 is 0.640 bits per heavy atom. The number of nitriles is 2. The van der Waals surface area contributed by atoms with E-state index in [4.69, 9.17) is 0 Å². The zero-order valence-corrected chi connectivity index (χ0v) is 45.1. The summed E-state index contributed by atoms with van der Waals surface area (Å²) in [7, 11) is -3.19. The molecule has 0 amide bonds. The summed E-state index contributed by atoms with van der Waals surface area (Å²) < 4.78 is 0. The standard InChI is InChI=1S/C69H54N4Si2/c1-74(2,3)53-33-27-49(28-34-53)72(47-23-19-45(43-70)20-24-47)51-31-37-60-61-38-32-52(73(48-25-21-46(44-71)22-26-48)50-29-35-54(36-30-50)75(4,5)6)40-67(61)69(66(60)39-51)65-18-12-11-17-59(65)64-41-62-57-15-9-7-13-55(57)56-14-8-10-16-58(56)63(62)42-68(64)69/h7-42H,1-6H3/q-2. The van der Waals surface area contributed by atoms with E-state index < -0.39 is 21.6 Å². The van der Waals surface area contributed by atoms with Gasteiger partial charge in [0.2, 0.25) is 0 Å². The second-order valence-electron chi connectivity index (χ2n) is 22.4. The molecular weight excluding hydrogens is 941 g/mol. The third kappa shape index (κ3) is 7.20. The van der Waals surface area contributed by atoms with Gasteiger partial charge in [0.1, 0.15) is 0 Å². The Balaban J connectivity index is 1.12. The first-order valence-corrected chi connectivity index (χ1v) is 32.9. The maximum Gasteiger partial charge on any atom is 0.0991 e. The average Bonchev–Trinajstić information content (AvgIpc) is 3.90. The average molecular weight is 995 g/mol. The Bertz CT molecular complexity index is 4040. The summed E-state index contributed by atoms with van der Waals surface area (Å²) >= 11 is 0. The highest BCUT2D eigenvalue weighted by Gasteiger charge is 2.52. The van der Waals surface area contributed by atoms with Crippen LogP contribution in [-0.2, 0) is 5.41 Å². The van der Waals surface area contributed by atoms with Crippen LogP contribution in [0.25, 0.3) is 54.6 Å². The van der Waals surface area contributed by atoms with Crippen LogP contribution in [0.2, 0.25) is 39.3 Å². The van der Waals surface area contributed by atoms with Gasteiger partial charge in [-0.25, -0.2) is 0 Å². The van der Waals surface area contributed by atoms with Crippen LogP contribution in [-0.4, -0.2) is 16.1 Å². The van der Waals surface area contributed by atoms with Gasteiger partial charge in [-0.15, -0.1) is 16.1 Å². The lowest BCUT2D eigenvalue weighted by molar-refractivity contribution is 0.795. The van der Waals surface area contributed by atoms with Crippen molar-refractivity contribution < 1.29 is 0 Å². The van der Waals surface area contributed by atoms with Gasteiger partial charge in [0.25, 0.3) is 0 Å². The van der Waals surface area contributed by atoms with Crippen LogP contribution in [0.4, 0.5) is 34.1 Å². The molecule has 0 saturated carbocycles. The molecular formula is C69H54N4Si2-2. The van der Waals surface area contributed by atoms with Crippen LogP contribution in [0.5, 0.6) is 0 Å². The zero-order valence-electron chi connectivity index (χ0n) is 43.1. The Morgan fingerprint density at radius 3 is 1.05 bits per heavy atom. The molecule has 75 heavy (non-hydrogen) atoms. The fourth-order valence-electron chi connectivity index (χ4n) is 12.3. The number of rotatable bonds is 8. The quantitative estimate of drug-likeness (QED) is 0.112. The number of anilines is 6. The van der Waals surface area contributed by atoms with E-state index >= 15 is 0 Å². The molecule has 0 aromatic heterocycles. The highest BCUT2D eigenvalue weighted by atomic mass is 28.3. The maximum atomic E-state index is 9.93. The Morgan fingerprint density at radius 1 is 0.307 bits per heavy atom. The lowest BCUT2D eigenvalue weighted by Crippen LogP contribution is -2.37. The smallest absolute Gasteiger partial charge is 0.0991 e. The summed E-state index contributed by atoms with van der Waals surface area (Å²) in [5, 5.41) is 30.1. The van der Waals surface area contributed by atoms with E-state index in [0.29, 0.717) is 11.1 Å². The molecule has 0 N–H and O–H groups in total. The SMILES string of the molecule is C[Si-](C)(C)c1ccc(N(c2ccc(C#N)cc2)c2ccc3c(c2)C2(c4ccccc4-c4cc5c6ccccc6c6ccccc6c5cc42)c2cc(N(c4ccc(C#N)cc4)c4ccc([Si-](C)(C)C)cc4)ccc2-3)cc1. The van der Waals surface area contributed by atoms with Gasteiger partial charge in [-0.05, 0) is 186 Å².